The second-order valence-electron chi connectivity index (χ2n) is 15.4. The van der Waals surface area contributed by atoms with Crippen molar-refractivity contribution >= 4 is 99.4 Å². The summed E-state index contributed by atoms with van der Waals surface area (Å²) in [6.45, 7) is 0. The Balaban J connectivity index is 1.05. The van der Waals surface area contributed by atoms with E-state index in [1.807, 2.05) is 12.1 Å². The van der Waals surface area contributed by atoms with Crippen LogP contribution in [0.5, 0.6) is 0 Å². The van der Waals surface area contributed by atoms with E-state index in [4.69, 9.17) is 4.42 Å². The second kappa shape index (κ2) is 13.8. The first-order chi connectivity index (χ1) is 29.7. The number of anilines is 6. The third kappa shape index (κ3) is 5.53. The molecule has 0 radical (unpaired) electrons. The molecule has 0 unspecified atom stereocenters. The largest absolute Gasteiger partial charge is 0.456 e. The Kier molecular flexibility index (Phi) is 7.82. The Morgan fingerprint density at radius 3 is 1.65 bits per heavy atom. The maximum absolute atomic E-state index is 6.30. The molecule has 60 heavy (non-hydrogen) atoms. The Hall–Kier alpha value is -8.08. The van der Waals surface area contributed by atoms with Gasteiger partial charge in [-0.3, -0.25) is 0 Å². The first-order valence-electron chi connectivity index (χ1n) is 20.4. The minimum Gasteiger partial charge on any atom is -0.456 e. The highest BCUT2D eigenvalue weighted by atomic mass is 16.3. The Morgan fingerprint density at radius 2 is 0.817 bits per heavy atom. The van der Waals surface area contributed by atoms with Crippen LogP contribution in [0.4, 0.5) is 34.1 Å². The summed E-state index contributed by atoms with van der Waals surface area (Å²) in [4.78, 5) is 4.74. The van der Waals surface area contributed by atoms with Gasteiger partial charge >= 0.3 is 0 Å². The molecule has 0 saturated heterocycles. The van der Waals surface area contributed by atoms with Gasteiger partial charge in [0.15, 0.2) is 0 Å². The van der Waals surface area contributed by atoms with E-state index in [2.05, 4.69) is 227 Å². The maximum Gasteiger partial charge on any atom is 0.135 e. The zero-order chi connectivity index (χ0) is 39.6. The Labute approximate surface area is 347 Å². The molecular weight excluding hydrogens is 731 g/mol. The average Bonchev–Trinajstić information content (AvgIpc) is 3.85. The number of hydrogen-bond acceptors (Lipinski definition) is 3. The quantitative estimate of drug-likeness (QED) is 0.151. The number of nitrogens with zero attached hydrogens (tertiary/aromatic N) is 3. The number of fused-ring (bicyclic) bond motifs is 9. The smallest absolute Gasteiger partial charge is 0.135 e. The minimum absolute atomic E-state index is 0.873. The molecule has 10 aromatic carbocycles. The Morgan fingerprint density at radius 1 is 0.283 bits per heavy atom. The van der Waals surface area contributed by atoms with E-state index in [0.717, 1.165) is 61.8 Å². The third-order valence-electron chi connectivity index (χ3n) is 11.9. The first-order valence-corrected chi connectivity index (χ1v) is 20.4. The second-order valence-corrected chi connectivity index (χ2v) is 15.4. The van der Waals surface area contributed by atoms with E-state index >= 15 is 0 Å². The molecule has 4 heteroatoms. The molecular formula is C56H37N3O. The van der Waals surface area contributed by atoms with Crippen LogP contribution in [0, 0.1) is 0 Å². The third-order valence-corrected chi connectivity index (χ3v) is 11.9. The van der Waals surface area contributed by atoms with Crippen LogP contribution in [0.3, 0.4) is 0 Å². The molecule has 4 nitrogen and oxygen atoms in total. The summed E-state index contributed by atoms with van der Waals surface area (Å²) in [6.07, 6.45) is 0. The van der Waals surface area contributed by atoms with Crippen molar-refractivity contribution in [2.45, 2.75) is 0 Å². The van der Waals surface area contributed by atoms with E-state index in [-0.39, 0.29) is 0 Å². The normalized spacial score (nSPS) is 11.7. The van der Waals surface area contributed by atoms with Crippen molar-refractivity contribution in [2.24, 2.45) is 0 Å². The van der Waals surface area contributed by atoms with Crippen LogP contribution in [0.15, 0.2) is 229 Å². The Bertz CT molecular complexity index is 3570. The van der Waals surface area contributed by atoms with Crippen molar-refractivity contribution in [3.8, 4) is 5.69 Å². The maximum atomic E-state index is 6.30. The lowest BCUT2D eigenvalue weighted by molar-refractivity contribution is 0.669. The van der Waals surface area contributed by atoms with Crippen molar-refractivity contribution in [3.05, 3.63) is 224 Å². The lowest BCUT2D eigenvalue weighted by Gasteiger charge is -2.29. The molecule has 0 bridgehead atoms. The highest BCUT2D eigenvalue weighted by molar-refractivity contribution is 6.12. The molecule has 282 valence electrons. The number of para-hydroxylation sites is 4. The van der Waals surface area contributed by atoms with Crippen LogP contribution in [-0.4, -0.2) is 4.57 Å². The van der Waals surface area contributed by atoms with Crippen molar-refractivity contribution in [2.75, 3.05) is 9.80 Å². The van der Waals surface area contributed by atoms with Gasteiger partial charge in [0.1, 0.15) is 11.2 Å². The molecule has 0 fully saturated rings. The predicted molar refractivity (Wildman–Crippen MR) is 252 cm³/mol. The lowest BCUT2D eigenvalue weighted by atomic mass is 10.0. The molecule has 0 atom stereocenters. The molecule has 12 aromatic rings. The summed E-state index contributed by atoms with van der Waals surface area (Å²) < 4.78 is 8.67. The molecule has 0 aliphatic heterocycles. The van der Waals surface area contributed by atoms with E-state index in [9.17, 15) is 0 Å². The monoisotopic (exact) mass is 767 g/mol. The summed E-state index contributed by atoms with van der Waals surface area (Å²) in [5, 5.41) is 9.54. The molecule has 0 spiro atoms. The van der Waals surface area contributed by atoms with Crippen molar-refractivity contribution in [3.63, 3.8) is 0 Å². The van der Waals surface area contributed by atoms with Gasteiger partial charge in [0.2, 0.25) is 0 Å². The van der Waals surface area contributed by atoms with Gasteiger partial charge in [0, 0.05) is 61.4 Å². The number of furan rings is 1. The van der Waals surface area contributed by atoms with E-state index in [0.29, 0.717) is 0 Å². The van der Waals surface area contributed by atoms with Crippen LogP contribution in [0.25, 0.3) is 71.0 Å². The fourth-order valence-electron chi connectivity index (χ4n) is 9.19. The average molecular weight is 768 g/mol. The number of aromatic nitrogens is 1. The number of rotatable bonds is 7. The van der Waals surface area contributed by atoms with E-state index in [1.165, 1.54) is 43.4 Å². The number of hydrogen-bond donors (Lipinski definition) is 0. The molecule has 0 amide bonds. The summed E-state index contributed by atoms with van der Waals surface area (Å²) in [5.74, 6) is 0. The van der Waals surface area contributed by atoms with Crippen molar-refractivity contribution < 1.29 is 4.42 Å². The van der Waals surface area contributed by atoms with Gasteiger partial charge in [-0.05, 0) is 125 Å². The van der Waals surface area contributed by atoms with Gasteiger partial charge in [-0.25, -0.2) is 0 Å². The molecule has 0 aliphatic carbocycles. The molecule has 2 aromatic heterocycles. The molecule has 12 rings (SSSR count). The van der Waals surface area contributed by atoms with Crippen LogP contribution >= 0.6 is 0 Å². The van der Waals surface area contributed by atoms with Crippen LogP contribution in [0.2, 0.25) is 0 Å². The van der Waals surface area contributed by atoms with Gasteiger partial charge in [-0.2, -0.15) is 0 Å². The van der Waals surface area contributed by atoms with Gasteiger partial charge in [-0.1, -0.05) is 121 Å². The zero-order valence-electron chi connectivity index (χ0n) is 32.6. The number of benzene rings is 10. The van der Waals surface area contributed by atoms with Crippen molar-refractivity contribution in [1.82, 2.24) is 4.57 Å². The fourth-order valence-corrected chi connectivity index (χ4v) is 9.19. The SMILES string of the molecule is c1ccc(N(c2cccc(N(c3ccc4c(ccc5ccccc54)c3)c3ccc4oc5ccccc5c4c3)c2)c2ccc3c(c2)c2ccccc2n3-c2ccccc2)cc1. The standard InChI is InChI=1S/C56H37N3O/c1-3-15-40(16-4-1)57(45-29-32-54-51(36-45)49-22-9-11-24-53(49)59(54)41-17-5-2-6-18-41)42-19-13-20-43(35-42)58(46-30-33-56-52(37-46)50-23-10-12-25-55(50)60-56)44-28-31-48-39(34-44)27-26-38-14-7-8-21-47(38)48/h1-37H. The molecule has 2 heterocycles. The van der Waals surface area contributed by atoms with Crippen molar-refractivity contribution in [1.29, 1.82) is 0 Å². The highest BCUT2D eigenvalue weighted by Gasteiger charge is 2.21. The van der Waals surface area contributed by atoms with Crippen LogP contribution in [0.1, 0.15) is 0 Å². The molecule has 0 aliphatic rings. The van der Waals surface area contributed by atoms with Crippen LogP contribution in [-0.2, 0) is 0 Å². The summed E-state index contributed by atoms with van der Waals surface area (Å²) >= 11 is 0. The molecule has 0 saturated carbocycles. The zero-order valence-corrected chi connectivity index (χ0v) is 32.6. The summed E-state index contributed by atoms with van der Waals surface area (Å²) in [7, 11) is 0. The van der Waals surface area contributed by atoms with E-state index < -0.39 is 0 Å². The fraction of sp³-hybridized carbons (Fsp3) is 0. The predicted octanol–water partition coefficient (Wildman–Crippen LogP) is 15.9. The van der Waals surface area contributed by atoms with Crippen LogP contribution < -0.4 is 9.80 Å². The molecule has 0 N–H and O–H groups in total. The first kappa shape index (κ1) is 34.0. The topological polar surface area (TPSA) is 24.6 Å². The summed E-state index contributed by atoms with van der Waals surface area (Å²) in [6, 6.07) is 80.6. The lowest BCUT2D eigenvalue weighted by Crippen LogP contribution is -2.13. The van der Waals surface area contributed by atoms with Gasteiger partial charge in [-0.15, -0.1) is 0 Å². The minimum atomic E-state index is 0.873. The summed E-state index contributed by atoms with van der Waals surface area (Å²) in [5.41, 5.74) is 11.6. The van der Waals surface area contributed by atoms with E-state index in [1.54, 1.807) is 0 Å². The van der Waals surface area contributed by atoms with Gasteiger partial charge < -0.3 is 18.8 Å². The van der Waals surface area contributed by atoms with Gasteiger partial charge in [0.05, 0.1) is 11.0 Å². The van der Waals surface area contributed by atoms with Gasteiger partial charge in [0.25, 0.3) is 0 Å². The highest BCUT2D eigenvalue weighted by Crippen LogP contribution is 2.44.